The highest BCUT2D eigenvalue weighted by Crippen LogP contribution is 2.13. The Bertz CT molecular complexity index is 933. The summed E-state index contributed by atoms with van der Waals surface area (Å²) in [4.78, 5) is 37.6. The van der Waals surface area contributed by atoms with Crippen molar-refractivity contribution in [1.82, 2.24) is 0 Å². The Balaban J connectivity index is 4.41. The molecule has 0 aliphatic heterocycles. The molecule has 0 radical (unpaired) electrons. The number of carbonyl (C=O) groups excluding carboxylic acids is 3. The van der Waals surface area contributed by atoms with Gasteiger partial charge in [0.05, 0.1) is 0 Å². The van der Waals surface area contributed by atoms with E-state index < -0.39 is 6.10 Å². The van der Waals surface area contributed by atoms with Crippen molar-refractivity contribution < 1.29 is 28.6 Å². The highest BCUT2D eigenvalue weighted by molar-refractivity contribution is 5.71. The van der Waals surface area contributed by atoms with E-state index in [0.29, 0.717) is 19.3 Å². The van der Waals surface area contributed by atoms with Gasteiger partial charge in [0.15, 0.2) is 6.10 Å². The number of hydrogen-bond acceptors (Lipinski definition) is 6. The lowest BCUT2D eigenvalue weighted by atomic mass is 10.1. The van der Waals surface area contributed by atoms with Crippen LogP contribution in [-0.4, -0.2) is 37.2 Å². The number of esters is 3. The van der Waals surface area contributed by atoms with Gasteiger partial charge in [0, 0.05) is 19.3 Å². The summed E-state index contributed by atoms with van der Waals surface area (Å²) in [7, 11) is 0. The quantitative estimate of drug-likeness (QED) is 0.0272. The highest BCUT2D eigenvalue weighted by atomic mass is 16.6. The summed E-state index contributed by atoms with van der Waals surface area (Å²) in [5.74, 6) is -0.933. The zero-order valence-corrected chi connectivity index (χ0v) is 34.1. The molecule has 0 bridgehead atoms. The molecule has 0 aliphatic carbocycles. The topological polar surface area (TPSA) is 78.9 Å². The van der Waals surface area contributed by atoms with Gasteiger partial charge in [-0.25, -0.2) is 0 Å². The van der Waals surface area contributed by atoms with Crippen LogP contribution in [0.25, 0.3) is 0 Å². The zero-order chi connectivity index (χ0) is 38.0. The first-order chi connectivity index (χ1) is 25.5. The van der Waals surface area contributed by atoms with Gasteiger partial charge >= 0.3 is 17.9 Å². The average molecular weight is 729 g/mol. The monoisotopic (exact) mass is 729 g/mol. The molecule has 0 spiro atoms. The van der Waals surface area contributed by atoms with E-state index in [9.17, 15) is 14.4 Å². The summed E-state index contributed by atoms with van der Waals surface area (Å²) in [6.07, 6.45) is 46.7. The molecule has 0 aromatic rings. The van der Waals surface area contributed by atoms with Crippen LogP contribution in [0.4, 0.5) is 0 Å². The largest absolute Gasteiger partial charge is 0.462 e. The molecule has 0 fully saturated rings. The number of hydrogen-bond donors (Lipinski definition) is 0. The first kappa shape index (κ1) is 49.4. The Labute approximate surface area is 320 Å². The van der Waals surface area contributed by atoms with E-state index in [4.69, 9.17) is 14.2 Å². The SMILES string of the molecule is CC/C=C\C/C=C\C/C=C\CCCCCC(=O)OCC(COC(=O)CCCCCCCCCC)OC(=O)CCCCCCC/C=C\CCCCCC. The Morgan fingerprint density at radius 2 is 0.750 bits per heavy atom. The summed E-state index contributed by atoms with van der Waals surface area (Å²) >= 11 is 0. The number of allylic oxidation sites excluding steroid dienone is 8. The van der Waals surface area contributed by atoms with Crippen LogP contribution in [0.1, 0.15) is 207 Å². The molecule has 0 amide bonds. The van der Waals surface area contributed by atoms with Crippen molar-refractivity contribution in [3.05, 3.63) is 48.6 Å². The smallest absolute Gasteiger partial charge is 0.306 e. The maximum atomic E-state index is 12.7. The summed E-state index contributed by atoms with van der Waals surface area (Å²) in [6, 6.07) is 0. The molecule has 52 heavy (non-hydrogen) atoms. The van der Waals surface area contributed by atoms with Crippen LogP contribution in [0.3, 0.4) is 0 Å². The maximum Gasteiger partial charge on any atom is 0.306 e. The van der Waals surface area contributed by atoms with Crippen LogP contribution in [0.2, 0.25) is 0 Å². The van der Waals surface area contributed by atoms with Gasteiger partial charge in [-0.15, -0.1) is 0 Å². The minimum Gasteiger partial charge on any atom is -0.462 e. The van der Waals surface area contributed by atoms with Gasteiger partial charge in [-0.2, -0.15) is 0 Å². The summed E-state index contributed by atoms with van der Waals surface area (Å²) in [6.45, 7) is 6.42. The number of rotatable bonds is 38. The molecule has 0 N–H and O–H groups in total. The molecule has 0 heterocycles. The molecule has 1 atom stereocenters. The van der Waals surface area contributed by atoms with Gasteiger partial charge in [-0.05, 0) is 77.0 Å². The van der Waals surface area contributed by atoms with Crippen LogP contribution in [-0.2, 0) is 28.6 Å². The fourth-order valence-electron chi connectivity index (χ4n) is 5.80. The molecular weight excluding hydrogens is 648 g/mol. The Kier molecular flexibility index (Phi) is 39.1. The van der Waals surface area contributed by atoms with Crippen molar-refractivity contribution in [3.8, 4) is 0 Å². The second-order valence-corrected chi connectivity index (χ2v) is 14.2. The van der Waals surface area contributed by atoms with Crippen LogP contribution >= 0.6 is 0 Å². The lowest BCUT2D eigenvalue weighted by Crippen LogP contribution is -2.30. The van der Waals surface area contributed by atoms with E-state index in [1.807, 2.05) is 0 Å². The molecular formula is C46H80O6. The lowest BCUT2D eigenvalue weighted by Gasteiger charge is -2.18. The molecule has 1 unspecified atom stereocenters. The maximum absolute atomic E-state index is 12.7. The first-order valence-corrected chi connectivity index (χ1v) is 21.6. The third-order valence-corrected chi connectivity index (χ3v) is 9.07. The van der Waals surface area contributed by atoms with E-state index in [2.05, 4.69) is 69.4 Å². The standard InChI is InChI=1S/C46H80O6/c1-4-7-10-13-16-19-21-23-25-27-30-33-36-39-45(48)51-42-43(41-50-44(47)38-35-32-29-18-15-12-9-6-3)52-46(49)40-37-34-31-28-26-24-22-20-17-14-11-8-5-2/h7,10,16,19-20,22-23,25,43H,4-6,8-9,11-15,17-18,21,24,26-42H2,1-3H3/b10-7-,19-16-,22-20-,25-23-. The van der Waals surface area contributed by atoms with E-state index >= 15 is 0 Å². The predicted octanol–water partition coefficient (Wildman–Crippen LogP) is 13.6. The van der Waals surface area contributed by atoms with Crippen LogP contribution in [0.5, 0.6) is 0 Å². The number of unbranched alkanes of at least 4 members (excludes halogenated alkanes) is 19. The lowest BCUT2D eigenvalue weighted by molar-refractivity contribution is -0.167. The molecule has 0 saturated heterocycles. The van der Waals surface area contributed by atoms with Gasteiger partial charge in [-0.1, -0.05) is 159 Å². The van der Waals surface area contributed by atoms with Crippen molar-refractivity contribution in [2.24, 2.45) is 0 Å². The van der Waals surface area contributed by atoms with E-state index in [1.54, 1.807) is 0 Å². The van der Waals surface area contributed by atoms with Gasteiger partial charge in [-0.3, -0.25) is 14.4 Å². The fraction of sp³-hybridized carbons (Fsp3) is 0.761. The highest BCUT2D eigenvalue weighted by Gasteiger charge is 2.19. The number of carbonyl (C=O) groups is 3. The fourth-order valence-corrected chi connectivity index (χ4v) is 5.80. The molecule has 0 aliphatic rings. The molecule has 6 heteroatoms. The van der Waals surface area contributed by atoms with Crippen molar-refractivity contribution in [1.29, 1.82) is 0 Å². The van der Waals surface area contributed by atoms with Gasteiger partial charge in [0.2, 0.25) is 0 Å². The van der Waals surface area contributed by atoms with Gasteiger partial charge in [0.1, 0.15) is 13.2 Å². The molecule has 300 valence electrons. The minimum atomic E-state index is -0.783. The third kappa shape index (κ3) is 38.6. The molecule has 0 rings (SSSR count). The predicted molar refractivity (Wildman–Crippen MR) is 219 cm³/mol. The van der Waals surface area contributed by atoms with Crippen LogP contribution < -0.4 is 0 Å². The van der Waals surface area contributed by atoms with E-state index in [-0.39, 0.29) is 31.1 Å². The Hall–Kier alpha value is -2.63. The zero-order valence-electron chi connectivity index (χ0n) is 34.1. The summed E-state index contributed by atoms with van der Waals surface area (Å²) in [5, 5.41) is 0. The molecule has 0 aromatic carbocycles. The van der Waals surface area contributed by atoms with Gasteiger partial charge in [0.25, 0.3) is 0 Å². The molecule has 0 saturated carbocycles. The minimum absolute atomic E-state index is 0.0854. The molecule has 6 nitrogen and oxygen atoms in total. The normalized spacial score (nSPS) is 12.4. The van der Waals surface area contributed by atoms with Crippen molar-refractivity contribution in [3.63, 3.8) is 0 Å². The van der Waals surface area contributed by atoms with Crippen LogP contribution in [0.15, 0.2) is 48.6 Å². The third-order valence-electron chi connectivity index (χ3n) is 9.07. The Morgan fingerprint density at radius 3 is 1.23 bits per heavy atom. The van der Waals surface area contributed by atoms with E-state index in [1.165, 1.54) is 70.6 Å². The summed E-state index contributed by atoms with van der Waals surface area (Å²) < 4.78 is 16.6. The average Bonchev–Trinajstić information content (AvgIpc) is 3.14. The van der Waals surface area contributed by atoms with Crippen molar-refractivity contribution >= 4 is 17.9 Å². The van der Waals surface area contributed by atoms with E-state index in [0.717, 1.165) is 96.3 Å². The second kappa shape index (κ2) is 41.1. The van der Waals surface area contributed by atoms with Gasteiger partial charge < -0.3 is 14.2 Å². The van der Waals surface area contributed by atoms with Crippen LogP contribution in [0, 0.1) is 0 Å². The first-order valence-electron chi connectivity index (χ1n) is 21.6. The Morgan fingerprint density at radius 1 is 0.404 bits per heavy atom. The second-order valence-electron chi connectivity index (χ2n) is 14.2. The van der Waals surface area contributed by atoms with Crippen molar-refractivity contribution in [2.45, 2.75) is 213 Å². The van der Waals surface area contributed by atoms with Crippen molar-refractivity contribution in [2.75, 3.05) is 13.2 Å². The number of ether oxygens (including phenoxy) is 3. The molecule has 0 aromatic heterocycles. The summed E-state index contributed by atoms with van der Waals surface area (Å²) in [5.41, 5.74) is 0.